The summed E-state index contributed by atoms with van der Waals surface area (Å²) < 4.78 is 18.1. The van der Waals surface area contributed by atoms with Crippen molar-refractivity contribution in [2.24, 2.45) is 0 Å². The van der Waals surface area contributed by atoms with Crippen LogP contribution in [0.25, 0.3) is 5.65 Å². The maximum Gasteiger partial charge on any atom is 0.412 e. The van der Waals surface area contributed by atoms with E-state index in [2.05, 4.69) is 15.6 Å². The first-order chi connectivity index (χ1) is 13.8. The highest BCUT2D eigenvalue weighted by atomic mass is 16.6. The van der Waals surface area contributed by atoms with E-state index >= 15 is 0 Å². The molecule has 0 fully saturated rings. The Hall–Kier alpha value is -2.81. The van der Waals surface area contributed by atoms with E-state index in [1.54, 1.807) is 43.6 Å². The molecule has 0 saturated carbocycles. The fourth-order valence-corrected chi connectivity index (χ4v) is 2.58. The second kappa shape index (κ2) is 9.34. The van der Waals surface area contributed by atoms with Crippen LogP contribution in [0.15, 0.2) is 24.7 Å². The molecule has 2 aromatic rings. The van der Waals surface area contributed by atoms with Gasteiger partial charge in [0.2, 0.25) is 0 Å². The average Bonchev–Trinajstić information content (AvgIpc) is 2.99. The van der Waals surface area contributed by atoms with Crippen molar-refractivity contribution in [2.45, 2.75) is 72.3 Å². The molecule has 0 aromatic carbocycles. The van der Waals surface area contributed by atoms with Crippen LogP contribution in [0, 0.1) is 0 Å². The Balaban J connectivity index is 1.96. The van der Waals surface area contributed by atoms with E-state index in [9.17, 15) is 9.59 Å². The van der Waals surface area contributed by atoms with Gasteiger partial charge >= 0.3 is 12.2 Å². The molecule has 0 aliphatic heterocycles. The molecule has 2 aromatic heterocycles. The minimum absolute atomic E-state index is 0.226. The SMILES string of the molecule is CC(COCc1cc(NC(=O)OC(C)(C)C)c2nccn2c1)NC(=O)OC(C)(C)C. The lowest BCUT2D eigenvalue weighted by molar-refractivity contribution is 0.0441. The average molecular weight is 421 g/mol. The van der Waals surface area contributed by atoms with Gasteiger partial charge in [0.1, 0.15) is 11.2 Å². The Bertz CT molecular complexity index is 880. The maximum atomic E-state index is 12.2. The van der Waals surface area contributed by atoms with Crippen molar-refractivity contribution >= 4 is 23.5 Å². The van der Waals surface area contributed by atoms with Crippen molar-refractivity contribution in [1.29, 1.82) is 0 Å². The fraction of sp³-hybridized carbons (Fsp3) is 0.571. The summed E-state index contributed by atoms with van der Waals surface area (Å²) in [6.07, 6.45) is 4.26. The number of pyridine rings is 1. The number of hydrogen-bond acceptors (Lipinski definition) is 6. The quantitative estimate of drug-likeness (QED) is 0.729. The lowest BCUT2D eigenvalue weighted by Gasteiger charge is -2.22. The first kappa shape index (κ1) is 23.5. The second-order valence-corrected chi connectivity index (χ2v) is 9.11. The Morgan fingerprint density at radius 3 is 2.37 bits per heavy atom. The van der Waals surface area contributed by atoms with E-state index in [1.165, 1.54) is 0 Å². The number of nitrogens with zero attached hydrogens (tertiary/aromatic N) is 2. The smallest absolute Gasteiger partial charge is 0.412 e. The van der Waals surface area contributed by atoms with E-state index in [0.29, 0.717) is 17.9 Å². The lowest BCUT2D eigenvalue weighted by atomic mass is 10.2. The topological polar surface area (TPSA) is 103 Å². The molecule has 9 nitrogen and oxygen atoms in total. The number of aromatic nitrogens is 2. The molecule has 2 heterocycles. The minimum Gasteiger partial charge on any atom is -0.444 e. The van der Waals surface area contributed by atoms with Gasteiger partial charge in [-0.1, -0.05) is 0 Å². The van der Waals surface area contributed by atoms with Crippen LogP contribution in [0.5, 0.6) is 0 Å². The van der Waals surface area contributed by atoms with Crippen LogP contribution >= 0.6 is 0 Å². The number of nitrogens with one attached hydrogen (secondary N) is 2. The summed E-state index contributed by atoms with van der Waals surface area (Å²) in [7, 11) is 0. The van der Waals surface area contributed by atoms with Crippen molar-refractivity contribution in [1.82, 2.24) is 14.7 Å². The standard InChI is InChI=1S/C21H32N4O5/c1-14(23-18(26)29-20(2,3)4)12-28-13-15-10-16(17-22-8-9-25(17)11-15)24-19(27)30-21(5,6)7/h8-11,14H,12-13H2,1-7H3,(H,23,26)(H,24,27). The molecule has 1 unspecified atom stereocenters. The summed E-state index contributed by atoms with van der Waals surface area (Å²) in [5.74, 6) is 0. The van der Waals surface area contributed by atoms with Crippen LogP contribution in [-0.4, -0.2) is 45.4 Å². The Kier molecular flexibility index (Phi) is 7.30. The molecule has 2 rings (SSSR count). The highest BCUT2D eigenvalue weighted by molar-refractivity contribution is 5.89. The van der Waals surface area contributed by atoms with E-state index in [-0.39, 0.29) is 12.6 Å². The van der Waals surface area contributed by atoms with Crippen LogP contribution in [-0.2, 0) is 20.8 Å². The number of ether oxygens (including phenoxy) is 3. The minimum atomic E-state index is -0.603. The number of fused-ring (bicyclic) bond motifs is 1. The number of rotatable bonds is 6. The normalized spacial score (nSPS) is 13.0. The predicted octanol–water partition coefficient (Wildman–Crippen LogP) is 4.11. The van der Waals surface area contributed by atoms with Crippen LogP contribution in [0.1, 0.15) is 54.0 Å². The van der Waals surface area contributed by atoms with Gasteiger partial charge in [-0.05, 0) is 60.1 Å². The molecule has 1 atom stereocenters. The van der Waals surface area contributed by atoms with Crippen molar-refractivity contribution < 1.29 is 23.8 Å². The van der Waals surface area contributed by atoms with Gasteiger partial charge in [0.25, 0.3) is 0 Å². The molecule has 0 aliphatic rings. The largest absolute Gasteiger partial charge is 0.444 e. The van der Waals surface area contributed by atoms with Gasteiger partial charge in [0, 0.05) is 18.6 Å². The molecule has 2 amide bonds. The molecule has 0 bridgehead atoms. The van der Waals surface area contributed by atoms with Crippen molar-refractivity contribution in [3.05, 3.63) is 30.2 Å². The Morgan fingerprint density at radius 1 is 1.10 bits per heavy atom. The summed E-state index contributed by atoms with van der Waals surface area (Å²) in [5.41, 5.74) is 0.798. The van der Waals surface area contributed by atoms with Gasteiger partial charge in [-0.3, -0.25) is 5.32 Å². The zero-order valence-corrected chi connectivity index (χ0v) is 18.7. The highest BCUT2D eigenvalue weighted by Gasteiger charge is 2.19. The number of anilines is 1. The van der Waals surface area contributed by atoms with Gasteiger partial charge in [-0.2, -0.15) is 0 Å². The molecule has 0 saturated heterocycles. The first-order valence-electron chi connectivity index (χ1n) is 9.85. The van der Waals surface area contributed by atoms with Gasteiger partial charge in [-0.15, -0.1) is 0 Å². The van der Waals surface area contributed by atoms with E-state index in [0.717, 1.165) is 5.56 Å². The van der Waals surface area contributed by atoms with Crippen molar-refractivity contribution in [2.75, 3.05) is 11.9 Å². The number of alkyl carbamates (subject to hydrolysis) is 1. The second-order valence-electron chi connectivity index (χ2n) is 9.11. The lowest BCUT2D eigenvalue weighted by Crippen LogP contribution is -2.39. The molecule has 0 spiro atoms. The molecular weight excluding hydrogens is 388 g/mol. The van der Waals surface area contributed by atoms with Crippen LogP contribution in [0.4, 0.5) is 15.3 Å². The van der Waals surface area contributed by atoms with Gasteiger partial charge in [0.05, 0.1) is 24.9 Å². The van der Waals surface area contributed by atoms with Gasteiger partial charge in [0.15, 0.2) is 5.65 Å². The number of carbonyl (C=O) groups excluding carboxylic acids is 2. The monoisotopic (exact) mass is 420 g/mol. The number of carbonyl (C=O) groups is 2. The van der Waals surface area contributed by atoms with Gasteiger partial charge in [-0.25, -0.2) is 14.6 Å². The third-order valence-electron chi connectivity index (χ3n) is 3.58. The van der Waals surface area contributed by atoms with E-state index in [4.69, 9.17) is 14.2 Å². The molecular formula is C21H32N4O5. The molecule has 30 heavy (non-hydrogen) atoms. The zero-order chi connectivity index (χ0) is 22.5. The maximum absolute atomic E-state index is 12.2. The number of imidazole rings is 1. The zero-order valence-electron chi connectivity index (χ0n) is 18.7. The molecule has 2 N–H and O–H groups in total. The molecule has 166 valence electrons. The van der Waals surface area contributed by atoms with E-state index in [1.807, 2.05) is 33.9 Å². The summed E-state index contributed by atoms with van der Waals surface area (Å²) >= 11 is 0. The highest BCUT2D eigenvalue weighted by Crippen LogP contribution is 2.20. The number of amides is 2. The van der Waals surface area contributed by atoms with Crippen molar-refractivity contribution in [3.63, 3.8) is 0 Å². The molecule has 0 radical (unpaired) electrons. The fourth-order valence-electron chi connectivity index (χ4n) is 2.58. The third-order valence-corrected chi connectivity index (χ3v) is 3.58. The summed E-state index contributed by atoms with van der Waals surface area (Å²) in [4.78, 5) is 28.2. The summed E-state index contributed by atoms with van der Waals surface area (Å²) in [6, 6.07) is 1.56. The van der Waals surface area contributed by atoms with Crippen LogP contribution < -0.4 is 10.6 Å². The first-order valence-corrected chi connectivity index (χ1v) is 9.85. The van der Waals surface area contributed by atoms with Crippen LogP contribution in [0.3, 0.4) is 0 Å². The van der Waals surface area contributed by atoms with E-state index < -0.39 is 23.4 Å². The summed E-state index contributed by atoms with van der Waals surface area (Å²) in [6.45, 7) is 13.2. The summed E-state index contributed by atoms with van der Waals surface area (Å²) in [5, 5.41) is 5.47. The Labute approximate surface area is 177 Å². The van der Waals surface area contributed by atoms with Crippen LogP contribution in [0.2, 0.25) is 0 Å². The molecule has 0 aliphatic carbocycles. The predicted molar refractivity (Wildman–Crippen MR) is 114 cm³/mol. The molecule has 9 heteroatoms. The number of hydrogen-bond donors (Lipinski definition) is 2. The van der Waals surface area contributed by atoms with Gasteiger partial charge < -0.3 is 23.9 Å². The third kappa shape index (κ3) is 7.90. The van der Waals surface area contributed by atoms with Crippen molar-refractivity contribution in [3.8, 4) is 0 Å². The Morgan fingerprint density at radius 2 is 1.73 bits per heavy atom.